The molecule has 0 spiro atoms. The van der Waals surface area contributed by atoms with E-state index in [1.54, 1.807) is 24.6 Å². The highest BCUT2D eigenvalue weighted by molar-refractivity contribution is 7.12. The smallest absolute Gasteiger partial charge is 0.267 e. The van der Waals surface area contributed by atoms with Crippen LogP contribution in [0.15, 0.2) is 23.7 Å². The minimum atomic E-state index is -0.510. The Morgan fingerprint density at radius 1 is 1.25 bits per heavy atom. The number of benzene rings is 1. The number of amides is 2. The first-order chi connectivity index (χ1) is 11.6. The number of rotatable bonds is 4. The summed E-state index contributed by atoms with van der Waals surface area (Å²) in [7, 11) is 0. The molecular formula is C17H20N4O2S. The number of anilines is 2. The van der Waals surface area contributed by atoms with E-state index in [9.17, 15) is 9.59 Å². The second kappa shape index (κ2) is 7.00. The zero-order valence-corrected chi connectivity index (χ0v) is 14.4. The summed E-state index contributed by atoms with van der Waals surface area (Å²) in [6, 6.07) is 5.22. The summed E-state index contributed by atoms with van der Waals surface area (Å²) < 4.78 is 0. The van der Waals surface area contributed by atoms with E-state index in [2.05, 4.69) is 15.2 Å². The minimum absolute atomic E-state index is 0.213. The van der Waals surface area contributed by atoms with Crippen LogP contribution in [0.25, 0.3) is 0 Å². The fourth-order valence-corrected chi connectivity index (χ4v) is 3.60. The fourth-order valence-electron chi connectivity index (χ4n) is 2.90. The molecule has 0 aliphatic carbocycles. The SMILES string of the molecule is Cc1ncsc1C(=O)Nc1cc(C(N)=O)ccc1N1CCCCC1. The summed E-state index contributed by atoms with van der Waals surface area (Å²) in [5, 5.41) is 2.93. The monoisotopic (exact) mass is 344 g/mol. The van der Waals surface area contributed by atoms with Gasteiger partial charge in [-0.2, -0.15) is 0 Å². The first-order valence-corrected chi connectivity index (χ1v) is 8.84. The van der Waals surface area contributed by atoms with E-state index in [-0.39, 0.29) is 5.91 Å². The Kier molecular flexibility index (Phi) is 4.80. The molecule has 126 valence electrons. The molecule has 1 aromatic carbocycles. The van der Waals surface area contributed by atoms with Gasteiger partial charge in [-0.15, -0.1) is 11.3 Å². The van der Waals surface area contributed by atoms with Crippen molar-refractivity contribution in [3.8, 4) is 0 Å². The Morgan fingerprint density at radius 2 is 2.00 bits per heavy atom. The van der Waals surface area contributed by atoms with Crippen molar-refractivity contribution in [3.63, 3.8) is 0 Å². The lowest BCUT2D eigenvalue weighted by Gasteiger charge is -2.30. The zero-order chi connectivity index (χ0) is 17.1. The summed E-state index contributed by atoms with van der Waals surface area (Å²) >= 11 is 1.30. The normalized spacial score (nSPS) is 14.5. The molecule has 1 aromatic heterocycles. The number of primary amides is 1. The molecule has 3 N–H and O–H groups in total. The molecule has 2 aromatic rings. The molecule has 2 heterocycles. The van der Waals surface area contributed by atoms with Crippen LogP contribution in [0, 0.1) is 6.92 Å². The second-order valence-electron chi connectivity index (χ2n) is 5.86. The predicted molar refractivity (Wildman–Crippen MR) is 95.8 cm³/mol. The number of thiazole rings is 1. The predicted octanol–water partition coefficient (Wildman–Crippen LogP) is 2.79. The first kappa shape index (κ1) is 16.4. The molecule has 1 saturated heterocycles. The maximum absolute atomic E-state index is 12.5. The van der Waals surface area contributed by atoms with E-state index in [1.807, 2.05) is 6.07 Å². The van der Waals surface area contributed by atoms with Crippen LogP contribution in [-0.4, -0.2) is 29.9 Å². The van der Waals surface area contributed by atoms with E-state index in [1.165, 1.54) is 17.8 Å². The van der Waals surface area contributed by atoms with Crippen molar-refractivity contribution in [2.24, 2.45) is 5.73 Å². The number of aromatic nitrogens is 1. The molecule has 7 heteroatoms. The van der Waals surface area contributed by atoms with E-state index >= 15 is 0 Å². The van der Waals surface area contributed by atoms with Crippen molar-refractivity contribution in [2.45, 2.75) is 26.2 Å². The standard InChI is InChI=1S/C17H20N4O2S/c1-11-15(24-10-19-11)17(23)20-13-9-12(16(18)22)5-6-14(13)21-7-3-2-4-8-21/h5-6,9-10H,2-4,7-8H2,1H3,(H2,18,22)(H,20,23). The molecule has 0 saturated carbocycles. The lowest BCUT2D eigenvalue weighted by molar-refractivity contribution is 0.0996. The molecule has 24 heavy (non-hydrogen) atoms. The number of carbonyl (C=O) groups excluding carboxylic acids is 2. The molecule has 1 aliphatic heterocycles. The van der Waals surface area contributed by atoms with Crippen LogP contribution in [0.3, 0.4) is 0 Å². The zero-order valence-electron chi connectivity index (χ0n) is 13.5. The number of hydrogen-bond acceptors (Lipinski definition) is 5. The minimum Gasteiger partial charge on any atom is -0.370 e. The fraction of sp³-hybridized carbons (Fsp3) is 0.353. The number of nitrogens with zero attached hydrogens (tertiary/aromatic N) is 2. The average molecular weight is 344 g/mol. The van der Waals surface area contributed by atoms with Crippen molar-refractivity contribution in [3.05, 3.63) is 39.8 Å². The highest BCUT2D eigenvalue weighted by atomic mass is 32.1. The third-order valence-electron chi connectivity index (χ3n) is 4.18. The molecule has 0 radical (unpaired) electrons. The third kappa shape index (κ3) is 3.41. The van der Waals surface area contributed by atoms with E-state index in [4.69, 9.17) is 5.73 Å². The summed E-state index contributed by atoms with van der Waals surface area (Å²) in [6.45, 7) is 3.69. The lowest BCUT2D eigenvalue weighted by Crippen LogP contribution is -2.30. The maximum atomic E-state index is 12.5. The third-order valence-corrected chi connectivity index (χ3v) is 5.11. The molecule has 0 bridgehead atoms. The molecule has 6 nitrogen and oxygen atoms in total. The topological polar surface area (TPSA) is 88.3 Å². The van der Waals surface area contributed by atoms with Gasteiger partial charge in [0.1, 0.15) is 4.88 Å². The van der Waals surface area contributed by atoms with Crippen molar-refractivity contribution in [1.82, 2.24) is 4.98 Å². The summed E-state index contributed by atoms with van der Waals surface area (Å²) in [5.41, 5.74) is 9.66. The number of nitrogens with one attached hydrogen (secondary N) is 1. The Labute approximate surface area is 144 Å². The van der Waals surface area contributed by atoms with Gasteiger partial charge in [-0.25, -0.2) is 4.98 Å². The van der Waals surface area contributed by atoms with Crippen LogP contribution < -0.4 is 16.0 Å². The van der Waals surface area contributed by atoms with E-state index in [0.29, 0.717) is 21.8 Å². The number of nitrogens with two attached hydrogens (primary N) is 1. The molecule has 0 atom stereocenters. The van der Waals surface area contributed by atoms with Gasteiger partial charge >= 0.3 is 0 Å². The summed E-state index contributed by atoms with van der Waals surface area (Å²) in [5.74, 6) is -0.723. The Morgan fingerprint density at radius 3 is 2.62 bits per heavy atom. The van der Waals surface area contributed by atoms with Crippen LogP contribution in [0.2, 0.25) is 0 Å². The Hall–Kier alpha value is -2.41. The van der Waals surface area contributed by atoms with Crippen molar-refractivity contribution in [1.29, 1.82) is 0 Å². The number of piperidine rings is 1. The van der Waals surface area contributed by atoms with Gasteiger partial charge in [-0.05, 0) is 44.4 Å². The molecule has 3 rings (SSSR count). The highest BCUT2D eigenvalue weighted by Crippen LogP contribution is 2.30. The highest BCUT2D eigenvalue weighted by Gasteiger charge is 2.19. The lowest BCUT2D eigenvalue weighted by atomic mass is 10.1. The van der Waals surface area contributed by atoms with Gasteiger partial charge in [0, 0.05) is 18.7 Å². The van der Waals surface area contributed by atoms with Crippen LogP contribution in [0.1, 0.15) is 45.0 Å². The number of aryl methyl sites for hydroxylation is 1. The van der Waals surface area contributed by atoms with Crippen molar-refractivity contribution < 1.29 is 9.59 Å². The Balaban J connectivity index is 1.93. The molecule has 1 aliphatic rings. The van der Waals surface area contributed by atoms with Crippen LogP contribution in [-0.2, 0) is 0 Å². The number of hydrogen-bond donors (Lipinski definition) is 2. The van der Waals surface area contributed by atoms with Gasteiger partial charge in [-0.3, -0.25) is 9.59 Å². The molecule has 2 amide bonds. The molecule has 0 unspecified atom stereocenters. The van der Waals surface area contributed by atoms with Crippen molar-refractivity contribution in [2.75, 3.05) is 23.3 Å². The van der Waals surface area contributed by atoms with Gasteiger partial charge in [-0.1, -0.05) is 0 Å². The largest absolute Gasteiger partial charge is 0.370 e. The quantitative estimate of drug-likeness (QED) is 0.892. The van der Waals surface area contributed by atoms with Gasteiger partial charge in [0.2, 0.25) is 5.91 Å². The van der Waals surface area contributed by atoms with Crippen LogP contribution >= 0.6 is 11.3 Å². The molecular weight excluding hydrogens is 324 g/mol. The van der Waals surface area contributed by atoms with Crippen LogP contribution in [0.5, 0.6) is 0 Å². The summed E-state index contributed by atoms with van der Waals surface area (Å²) in [4.78, 5) is 31.0. The van der Waals surface area contributed by atoms with E-state index in [0.717, 1.165) is 31.6 Å². The van der Waals surface area contributed by atoms with Crippen molar-refractivity contribution >= 4 is 34.5 Å². The maximum Gasteiger partial charge on any atom is 0.267 e. The van der Waals surface area contributed by atoms with E-state index < -0.39 is 5.91 Å². The second-order valence-corrected chi connectivity index (χ2v) is 6.72. The number of carbonyl (C=O) groups is 2. The van der Waals surface area contributed by atoms with Gasteiger partial charge in [0.25, 0.3) is 5.91 Å². The first-order valence-electron chi connectivity index (χ1n) is 7.96. The van der Waals surface area contributed by atoms with Gasteiger partial charge in [0.15, 0.2) is 0 Å². The van der Waals surface area contributed by atoms with Crippen LogP contribution in [0.4, 0.5) is 11.4 Å². The van der Waals surface area contributed by atoms with Gasteiger partial charge < -0.3 is 16.0 Å². The average Bonchev–Trinajstić information content (AvgIpc) is 3.01. The molecule has 1 fully saturated rings. The Bertz CT molecular complexity index is 766. The summed E-state index contributed by atoms with van der Waals surface area (Å²) in [6.07, 6.45) is 3.47. The van der Waals surface area contributed by atoms with Gasteiger partial charge in [0.05, 0.1) is 22.6 Å².